The van der Waals surface area contributed by atoms with Crippen LogP contribution in [0.4, 0.5) is 0 Å². The Hall–Kier alpha value is -1.82. The molecule has 0 N–H and O–H groups in total. The van der Waals surface area contributed by atoms with E-state index in [-0.39, 0.29) is 11.7 Å². The summed E-state index contributed by atoms with van der Waals surface area (Å²) in [5, 5.41) is 9.12. The van der Waals surface area contributed by atoms with E-state index < -0.39 is 0 Å². The summed E-state index contributed by atoms with van der Waals surface area (Å²) in [6.45, 7) is 4.60. The third-order valence-corrected chi connectivity index (χ3v) is 4.29. The van der Waals surface area contributed by atoms with Gasteiger partial charge in [-0.3, -0.25) is 4.79 Å². The van der Waals surface area contributed by atoms with Crippen LogP contribution in [-0.4, -0.2) is 33.1 Å². The zero-order valence-electron chi connectivity index (χ0n) is 13.2. The van der Waals surface area contributed by atoms with Crippen LogP contribution in [0, 0.1) is 6.92 Å². The SMILES string of the molecule is CCCCOC(=O)CSc1nnc(-c2ccccc2C)n1C. The lowest BCUT2D eigenvalue weighted by atomic mass is 10.1. The lowest BCUT2D eigenvalue weighted by Gasteiger charge is -2.06. The summed E-state index contributed by atoms with van der Waals surface area (Å²) in [7, 11) is 1.91. The fraction of sp³-hybridized carbons (Fsp3) is 0.438. The van der Waals surface area contributed by atoms with E-state index in [9.17, 15) is 4.79 Å². The Morgan fingerprint density at radius 1 is 1.32 bits per heavy atom. The van der Waals surface area contributed by atoms with Crippen molar-refractivity contribution in [2.75, 3.05) is 12.4 Å². The average molecular weight is 319 g/mol. The summed E-state index contributed by atoms with van der Waals surface area (Å²) in [6, 6.07) is 8.04. The minimum Gasteiger partial charge on any atom is -0.465 e. The first-order valence-corrected chi connectivity index (χ1v) is 8.35. The number of esters is 1. The Bertz CT molecular complexity index is 640. The highest BCUT2D eigenvalue weighted by Crippen LogP contribution is 2.24. The predicted molar refractivity (Wildman–Crippen MR) is 87.8 cm³/mol. The second-order valence-corrected chi connectivity index (χ2v) is 5.99. The number of aromatic nitrogens is 3. The summed E-state index contributed by atoms with van der Waals surface area (Å²) < 4.78 is 7.05. The van der Waals surface area contributed by atoms with Gasteiger partial charge in [0.15, 0.2) is 11.0 Å². The third kappa shape index (κ3) is 4.10. The number of benzene rings is 1. The van der Waals surface area contributed by atoms with Crippen LogP contribution in [0.1, 0.15) is 25.3 Å². The number of carbonyl (C=O) groups is 1. The molecule has 6 heteroatoms. The van der Waals surface area contributed by atoms with E-state index in [2.05, 4.69) is 17.1 Å². The van der Waals surface area contributed by atoms with Crippen molar-refractivity contribution in [2.45, 2.75) is 31.8 Å². The maximum Gasteiger partial charge on any atom is 0.316 e. The molecule has 5 nitrogen and oxygen atoms in total. The van der Waals surface area contributed by atoms with Crippen molar-refractivity contribution in [3.8, 4) is 11.4 Å². The Kier molecular flexibility index (Phi) is 6.00. The number of ether oxygens (including phenoxy) is 1. The van der Waals surface area contributed by atoms with Gasteiger partial charge in [-0.15, -0.1) is 10.2 Å². The summed E-state index contributed by atoms with van der Waals surface area (Å²) in [5.74, 6) is 0.850. The fourth-order valence-corrected chi connectivity index (χ4v) is 2.70. The molecule has 118 valence electrons. The largest absolute Gasteiger partial charge is 0.465 e. The molecule has 0 saturated carbocycles. The van der Waals surface area contributed by atoms with E-state index >= 15 is 0 Å². The van der Waals surface area contributed by atoms with Gasteiger partial charge in [0.2, 0.25) is 0 Å². The van der Waals surface area contributed by atoms with Crippen molar-refractivity contribution >= 4 is 17.7 Å². The molecule has 0 bridgehead atoms. The molecule has 0 saturated heterocycles. The predicted octanol–water partition coefficient (Wildman–Crippen LogP) is 3.23. The van der Waals surface area contributed by atoms with Crippen LogP contribution in [0.5, 0.6) is 0 Å². The summed E-state index contributed by atoms with van der Waals surface area (Å²) >= 11 is 1.35. The number of hydrogen-bond acceptors (Lipinski definition) is 5. The summed E-state index contributed by atoms with van der Waals surface area (Å²) in [4.78, 5) is 11.6. The summed E-state index contributed by atoms with van der Waals surface area (Å²) in [5.41, 5.74) is 2.20. The topological polar surface area (TPSA) is 57.0 Å². The number of thioether (sulfide) groups is 1. The number of carbonyl (C=O) groups excluding carboxylic acids is 1. The molecule has 1 aromatic carbocycles. The molecular formula is C16H21N3O2S. The highest BCUT2D eigenvalue weighted by molar-refractivity contribution is 7.99. The lowest BCUT2D eigenvalue weighted by Crippen LogP contribution is -2.09. The van der Waals surface area contributed by atoms with Crippen molar-refractivity contribution in [3.63, 3.8) is 0 Å². The molecule has 2 rings (SSSR count). The van der Waals surface area contributed by atoms with Crippen molar-refractivity contribution in [3.05, 3.63) is 29.8 Å². The second kappa shape index (κ2) is 7.98. The minimum atomic E-state index is -0.209. The molecule has 0 aliphatic rings. The van der Waals surface area contributed by atoms with Gasteiger partial charge in [0.05, 0.1) is 12.4 Å². The third-order valence-electron chi connectivity index (χ3n) is 3.30. The van der Waals surface area contributed by atoms with Crippen LogP contribution in [0.2, 0.25) is 0 Å². The van der Waals surface area contributed by atoms with Crippen LogP contribution >= 0.6 is 11.8 Å². The number of aryl methyl sites for hydroxylation is 1. The van der Waals surface area contributed by atoms with Crippen molar-refractivity contribution in [2.24, 2.45) is 7.05 Å². The molecule has 2 aromatic rings. The van der Waals surface area contributed by atoms with E-state index in [0.717, 1.165) is 29.8 Å². The van der Waals surface area contributed by atoms with Gasteiger partial charge in [-0.1, -0.05) is 49.4 Å². The van der Waals surface area contributed by atoms with Gasteiger partial charge in [-0.25, -0.2) is 0 Å². The number of rotatable bonds is 7. The molecule has 22 heavy (non-hydrogen) atoms. The van der Waals surface area contributed by atoms with Crippen LogP contribution in [0.15, 0.2) is 29.4 Å². The summed E-state index contributed by atoms with van der Waals surface area (Å²) in [6.07, 6.45) is 1.92. The van der Waals surface area contributed by atoms with Gasteiger partial charge in [0.1, 0.15) is 0 Å². The van der Waals surface area contributed by atoms with Crippen LogP contribution in [0.25, 0.3) is 11.4 Å². The Balaban J connectivity index is 2.00. The molecule has 0 fully saturated rings. The molecule has 0 spiro atoms. The van der Waals surface area contributed by atoms with Gasteiger partial charge < -0.3 is 9.30 Å². The van der Waals surface area contributed by atoms with Gasteiger partial charge in [0, 0.05) is 12.6 Å². The quantitative estimate of drug-likeness (QED) is 0.445. The second-order valence-electron chi connectivity index (χ2n) is 5.04. The van der Waals surface area contributed by atoms with E-state index in [0.29, 0.717) is 11.8 Å². The van der Waals surface area contributed by atoms with Gasteiger partial charge in [-0.2, -0.15) is 0 Å². The normalized spacial score (nSPS) is 10.7. The Morgan fingerprint density at radius 3 is 2.82 bits per heavy atom. The monoisotopic (exact) mass is 319 g/mol. The number of nitrogens with zero attached hydrogens (tertiary/aromatic N) is 3. The standard InChI is InChI=1S/C16H21N3O2S/c1-4-5-10-21-14(20)11-22-16-18-17-15(19(16)3)13-9-7-6-8-12(13)2/h6-9H,4-5,10-11H2,1-3H3. The highest BCUT2D eigenvalue weighted by atomic mass is 32.2. The van der Waals surface area contributed by atoms with E-state index in [1.807, 2.05) is 42.8 Å². The van der Waals surface area contributed by atoms with Crippen molar-refractivity contribution < 1.29 is 9.53 Å². The van der Waals surface area contributed by atoms with Gasteiger partial charge >= 0.3 is 5.97 Å². The lowest BCUT2D eigenvalue weighted by molar-refractivity contribution is -0.140. The fourth-order valence-electron chi connectivity index (χ4n) is 1.99. The molecule has 0 radical (unpaired) electrons. The molecule has 0 atom stereocenters. The van der Waals surface area contributed by atoms with E-state index in [4.69, 9.17) is 4.74 Å². The first kappa shape index (κ1) is 16.5. The molecule has 1 heterocycles. The van der Waals surface area contributed by atoms with Crippen LogP contribution in [-0.2, 0) is 16.6 Å². The number of unbranched alkanes of at least 4 members (excludes halogenated alkanes) is 1. The van der Waals surface area contributed by atoms with E-state index in [1.54, 1.807) is 0 Å². The van der Waals surface area contributed by atoms with E-state index in [1.165, 1.54) is 11.8 Å². The zero-order valence-corrected chi connectivity index (χ0v) is 14.0. The Labute approximate surface area is 135 Å². The van der Waals surface area contributed by atoms with Gasteiger partial charge in [0.25, 0.3) is 0 Å². The smallest absolute Gasteiger partial charge is 0.316 e. The molecule has 1 aromatic heterocycles. The maximum absolute atomic E-state index is 11.6. The first-order chi connectivity index (χ1) is 10.6. The van der Waals surface area contributed by atoms with Crippen LogP contribution < -0.4 is 0 Å². The molecule has 0 amide bonds. The first-order valence-electron chi connectivity index (χ1n) is 7.37. The zero-order chi connectivity index (χ0) is 15.9. The molecule has 0 aliphatic carbocycles. The molecule has 0 unspecified atom stereocenters. The van der Waals surface area contributed by atoms with Crippen molar-refractivity contribution in [1.29, 1.82) is 0 Å². The van der Waals surface area contributed by atoms with Crippen LogP contribution in [0.3, 0.4) is 0 Å². The highest BCUT2D eigenvalue weighted by Gasteiger charge is 2.14. The Morgan fingerprint density at radius 2 is 2.09 bits per heavy atom. The minimum absolute atomic E-state index is 0.209. The van der Waals surface area contributed by atoms with Crippen molar-refractivity contribution in [1.82, 2.24) is 14.8 Å². The van der Waals surface area contributed by atoms with Gasteiger partial charge in [-0.05, 0) is 18.9 Å². The maximum atomic E-state index is 11.6. The molecule has 0 aliphatic heterocycles. The average Bonchev–Trinajstić information content (AvgIpc) is 2.87. The number of hydrogen-bond donors (Lipinski definition) is 0. The molecular weight excluding hydrogens is 298 g/mol.